The molecule has 2 heterocycles. The summed E-state index contributed by atoms with van der Waals surface area (Å²) < 4.78 is 8.33. The molecular weight excluding hydrogens is 579 g/mol. The molecule has 0 radical (unpaired) electrons. The normalized spacial score (nSPS) is 14.2. The van der Waals surface area contributed by atoms with E-state index in [0.29, 0.717) is 22.4 Å². The van der Waals surface area contributed by atoms with Gasteiger partial charge >= 0.3 is 5.97 Å². The smallest absolute Gasteiger partial charge is 0.303 e. The molecule has 9 heteroatoms. The lowest BCUT2D eigenvalue weighted by molar-refractivity contribution is -0.137. The van der Waals surface area contributed by atoms with Gasteiger partial charge in [-0.3, -0.25) is 14.5 Å². The number of carbonyl (C=O) groups is 2. The number of thioether (sulfide) groups is 1. The molecule has 228 valence electrons. The predicted octanol–water partition coefficient (Wildman–Crippen LogP) is 8.43. The van der Waals surface area contributed by atoms with Gasteiger partial charge in [0.25, 0.3) is 5.91 Å². The van der Waals surface area contributed by atoms with Crippen molar-refractivity contribution in [3.8, 4) is 22.7 Å². The largest absolute Gasteiger partial charge is 0.493 e. The summed E-state index contributed by atoms with van der Waals surface area (Å²) in [5, 5.41) is 13.7. The number of aromatic nitrogens is 2. The Morgan fingerprint density at radius 3 is 2.40 bits per heavy atom. The summed E-state index contributed by atoms with van der Waals surface area (Å²) in [6.45, 7) is 5.42. The third kappa shape index (κ3) is 9.28. The van der Waals surface area contributed by atoms with Crippen LogP contribution >= 0.6 is 24.0 Å². The summed E-state index contributed by atoms with van der Waals surface area (Å²) in [5.74, 6) is 0.101. The van der Waals surface area contributed by atoms with Gasteiger partial charge in [0.2, 0.25) is 0 Å². The SMILES string of the molecule is CCCOc1ccc(-c2nn(-c3ccccc3)cc2/C=C2/SC(=S)N(CCCCCCCCCCC(=O)O)C2=O)cc1C. The molecule has 0 spiro atoms. The highest BCUT2D eigenvalue weighted by atomic mass is 32.2. The zero-order valence-electron chi connectivity index (χ0n) is 25.1. The quantitative estimate of drug-likeness (QED) is 0.0922. The van der Waals surface area contributed by atoms with Crippen LogP contribution in [-0.2, 0) is 9.59 Å². The number of aryl methyl sites for hydroxylation is 1. The van der Waals surface area contributed by atoms with Gasteiger partial charge in [-0.1, -0.05) is 87.6 Å². The molecule has 0 saturated carbocycles. The highest BCUT2D eigenvalue weighted by molar-refractivity contribution is 8.26. The van der Waals surface area contributed by atoms with Crippen LogP contribution < -0.4 is 4.74 Å². The summed E-state index contributed by atoms with van der Waals surface area (Å²) in [5.41, 5.74) is 4.59. The molecule has 2 aromatic carbocycles. The number of para-hydroxylation sites is 1. The van der Waals surface area contributed by atoms with Crippen LogP contribution in [0.25, 0.3) is 23.0 Å². The van der Waals surface area contributed by atoms with Crippen LogP contribution in [-0.4, -0.2) is 49.1 Å². The molecule has 1 amide bonds. The second kappa shape index (κ2) is 16.4. The lowest BCUT2D eigenvalue weighted by atomic mass is 10.0. The first-order chi connectivity index (χ1) is 20.9. The molecule has 1 aliphatic rings. The topological polar surface area (TPSA) is 84.7 Å². The van der Waals surface area contributed by atoms with Gasteiger partial charge in [-0.2, -0.15) is 5.10 Å². The Bertz CT molecular complexity index is 1430. The summed E-state index contributed by atoms with van der Waals surface area (Å²) in [6.07, 6.45) is 13.2. The molecule has 1 aliphatic heterocycles. The number of aliphatic carboxylic acids is 1. The number of amides is 1. The molecule has 3 aromatic rings. The van der Waals surface area contributed by atoms with Crippen LogP contribution in [0.5, 0.6) is 5.75 Å². The molecule has 0 aliphatic carbocycles. The predicted molar refractivity (Wildman–Crippen MR) is 179 cm³/mol. The van der Waals surface area contributed by atoms with Crippen LogP contribution in [0.1, 0.15) is 82.3 Å². The molecule has 1 saturated heterocycles. The van der Waals surface area contributed by atoms with Crippen LogP contribution in [0.2, 0.25) is 0 Å². The van der Waals surface area contributed by atoms with Gasteiger partial charge in [0, 0.05) is 30.3 Å². The zero-order valence-corrected chi connectivity index (χ0v) is 26.7. The summed E-state index contributed by atoms with van der Waals surface area (Å²) in [6, 6.07) is 16.0. The number of benzene rings is 2. The number of carboxylic acid groups (broad SMARTS) is 1. The van der Waals surface area contributed by atoms with E-state index in [-0.39, 0.29) is 12.3 Å². The van der Waals surface area contributed by atoms with E-state index in [9.17, 15) is 9.59 Å². The second-order valence-electron chi connectivity index (χ2n) is 10.8. The van der Waals surface area contributed by atoms with E-state index >= 15 is 0 Å². The molecule has 43 heavy (non-hydrogen) atoms. The average molecular weight is 620 g/mol. The van der Waals surface area contributed by atoms with Crippen LogP contribution in [0.3, 0.4) is 0 Å². The number of nitrogens with zero attached hydrogens (tertiary/aromatic N) is 3. The van der Waals surface area contributed by atoms with Gasteiger partial charge in [-0.25, -0.2) is 4.68 Å². The van der Waals surface area contributed by atoms with Crippen molar-refractivity contribution in [1.82, 2.24) is 14.7 Å². The van der Waals surface area contributed by atoms with Crippen molar-refractivity contribution in [3.05, 3.63) is 70.8 Å². The van der Waals surface area contributed by atoms with Gasteiger partial charge in [-0.05, 0) is 68.2 Å². The van der Waals surface area contributed by atoms with Crippen molar-refractivity contribution >= 4 is 46.3 Å². The first-order valence-corrected chi connectivity index (χ1v) is 16.5. The second-order valence-corrected chi connectivity index (χ2v) is 12.5. The van der Waals surface area contributed by atoms with Crippen LogP contribution in [0.15, 0.2) is 59.6 Å². The number of unbranched alkanes of at least 4 members (excludes halogenated alkanes) is 7. The standard InChI is InChI=1S/C34H41N3O4S2/c1-3-21-41-29-19-18-26(22-25(29)2)32-27(24-37(35-32)28-15-11-10-12-16-28)23-30-33(40)36(34(42)43-30)20-14-9-7-5-4-6-8-13-17-31(38)39/h10-12,15-16,18-19,22-24H,3-9,13-14,17,20-21H2,1-2H3,(H,38,39)/b30-23+. The van der Waals surface area contributed by atoms with Gasteiger partial charge in [0.1, 0.15) is 15.8 Å². The highest BCUT2D eigenvalue weighted by Crippen LogP contribution is 2.36. The molecule has 0 unspecified atom stereocenters. The first-order valence-electron chi connectivity index (χ1n) is 15.2. The van der Waals surface area contributed by atoms with Gasteiger partial charge in [0.05, 0.1) is 17.2 Å². The van der Waals surface area contributed by atoms with Crippen molar-refractivity contribution in [2.75, 3.05) is 13.2 Å². The lowest BCUT2D eigenvalue weighted by Crippen LogP contribution is -2.29. The fourth-order valence-electron chi connectivity index (χ4n) is 5.04. The van der Waals surface area contributed by atoms with E-state index in [1.54, 1.807) is 4.90 Å². The maximum atomic E-state index is 13.4. The molecule has 0 atom stereocenters. The van der Waals surface area contributed by atoms with Crippen molar-refractivity contribution in [2.45, 2.75) is 78.1 Å². The van der Waals surface area contributed by atoms with E-state index in [2.05, 4.69) is 13.0 Å². The Labute approximate surface area is 264 Å². The number of thiocarbonyl (C=S) groups is 1. The van der Waals surface area contributed by atoms with Crippen molar-refractivity contribution in [1.29, 1.82) is 0 Å². The van der Waals surface area contributed by atoms with Crippen LogP contribution in [0.4, 0.5) is 0 Å². The van der Waals surface area contributed by atoms with E-state index in [4.69, 9.17) is 27.2 Å². The number of carboxylic acids is 1. The fourth-order valence-corrected chi connectivity index (χ4v) is 6.34. The summed E-state index contributed by atoms with van der Waals surface area (Å²) in [7, 11) is 0. The Balaban J connectivity index is 1.42. The molecule has 4 rings (SSSR count). The van der Waals surface area contributed by atoms with Gasteiger partial charge < -0.3 is 9.84 Å². The van der Waals surface area contributed by atoms with Gasteiger partial charge in [0.15, 0.2) is 0 Å². The molecule has 7 nitrogen and oxygen atoms in total. The summed E-state index contributed by atoms with van der Waals surface area (Å²) >= 11 is 6.97. The van der Waals surface area contributed by atoms with Crippen LogP contribution in [0, 0.1) is 6.92 Å². The van der Waals surface area contributed by atoms with E-state index in [1.807, 2.05) is 66.3 Å². The third-order valence-corrected chi connectivity index (χ3v) is 8.73. The number of carbonyl (C=O) groups excluding carboxylic acids is 1. The van der Waals surface area contributed by atoms with E-state index in [1.165, 1.54) is 11.8 Å². The molecular formula is C34H41N3O4S2. The number of rotatable bonds is 17. The van der Waals surface area contributed by atoms with Crippen molar-refractivity contribution < 1.29 is 19.4 Å². The Morgan fingerprint density at radius 2 is 1.72 bits per heavy atom. The maximum Gasteiger partial charge on any atom is 0.303 e. The van der Waals surface area contributed by atoms with Crippen molar-refractivity contribution in [3.63, 3.8) is 0 Å². The third-order valence-electron chi connectivity index (χ3n) is 7.36. The minimum absolute atomic E-state index is 0.0497. The molecule has 1 aromatic heterocycles. The lowest BCUT2D eigenvalue weighted by Gasteiger charge is -2.14. The monoisotopic (exact) mass is 619 g/mol. The Hall–Kier alpha value is -3.43. The minimum atomic E-state index is -0.716. The van der Waals surface area contributed by atoms with E-state index < -0.39 is 5.97 Å². The fraction of sp³-hybridized carbons (Fsp3) is 0.412. The number of hydrogen-bond donors (Lipinski definition) is 1. The molecule has 0 bridgehead atoms. The zero-order chi connectivity index (χ0) is 30.6. The van der Waals surface area contributed by atoms with E-state index in [0.717, 1.165) is 91.6 Å². The molecule has 1 N–H and O–H groups in total. The minimum Gasteiger partial charge on any atom is -0.493 e. The average Bonchev–Trinajstić information content (AvgIpc) is 3.53. The Morgan fingerprint density at radius 1 is 1.02 bits per heavy atom. The maximum absolute atomic E-state index is 13.4. The van der Waals surface area contributed by atoms with Gasteiger partial charge in [-0.15, -0.1) is 0 Å². The highest BCUT2D eigenvalue weighted by Gasteiger charge is 2.32. The Kier molecular flexibility index (Phi) is 12.4. The van der Waals surface area contributed by atoms with Crippen molar-refractivity contribution in [2.24, 2.45) is 0 Å². The first kappa shape index (κ1) is 32.5. The number of ether oxygens (including phenoxy) is 1. The summed E-state index contributed by atoms with van der Waals surface area (Å²) in [4.78, 5) is 26.4. The molecule has 1 fully saturated rings. The number of hydrogen-bond acceptors (Lipinski definition) is 6.